The van der Waals surface area contributed by atoms with E-state index in [4.69, 9.17) is 0 Å². The third-order valence-corrected chi connectivity index (χ3v) is 6.98. The molecule has 2 saturated carbocycles. The summed E-state index contributed by atoms with van der Waals surface area (Å²) in [5.41, 5.74) is 4.19. The van der Waals surface area contributed by atoms with Crippen LogP contribution in [0.2, 0.25) is 0 Å². The van der Waals surface area contributed by atoms with Gasteiger partial charge < -0.3 is 0 Å². The predicted octanol–water partition coefficient (Wildman–Crippen LogP) is 6.74. The molecule has 2 bridgehead atoms. The lowest BCUT2D eigenvalue weighted by Gasteiger charge is -2.18. The van der Waals surface area contributed by atoms with Crippen LogP contribution in [-0.2, 0) is 0 Å². The fourth-order valence-corrected chi connectivity index (χ4v) is 5.68. The number of benzene rings is 4. The van der Waals surface area contributed by atoms with E-state index in [9.17, 15) is 10.5 Å². The largest absolute Gasteiger partial charge is 0.192 e. The number of allylic oxidation sites excluding steroid dienone is 3. The number of fused-ring (bicyclic) bond motifs is 2. The zero-order chi connectivity index (χ0) is 19.5. The van der Waals surface area contributed by atoms with Crippen LogP contribution in [0.15, 0.2) is 71.3 Å². The van der Waals surface area contributed by atoms with Crippen LogP contribution in [0.5, 0.6) is 0 Å². The maximum atomic E-state index is 9.22. The van der Waals surface area contributed by atoms with E-state index in [0.29, 0.717) is 17.4 Å². The van der Waals surface area contributed by atoms with Crippen LogP contribution in [0.4, 0.5) is 0 Å². The van der Waals surface area contributed by atoms with Crippen LogP contribution in [0.3, 0.4) is 0 Å². The molecule has 0 unspecified atom stereocenters. The molecule has 4 aromatic carbocycles. The smallest absolute Gasteiger partial charge is 0.129 e. The topological polar surface area (TPSA) is 47.6 Å². The van der Waals surface area contributed by atoms with Crippen molar-refractivity contribution in [3.63, 3.8) is 0 Å². The fraction of sp³-hybridized carbons (Fsp3) is 0.185. The molecule has 0 amide bonds. The van der Waals surface area contributed by atoms with Gasteiger partial charge in [0, 0.05) is 0 Å². The van der Waals surface area contributed by atoms with Gasteiger partial charge in [0.15, 0.2) is 0 Å². The maximum absolute atomic E-state index is 9.22. The Labute approximate surface area is 169 Å². The van der Waals surface area contributed by atoms with Crippen molar-refractivity contribution in [1.29, 1.82) is 10.5 Å². The molecular weight excluding hydrogens is 352 g/mol. The van der Waals surface area contributed by atoms with Crippen molar-refractivity contribution in [3.8, 4) is 12.1 Å². The maximum Gasteiger partial charge on any atom is 0.129 e. The zero-order valence-electron chi connectivity index (χ0n) is 15.9. The quantitative estimate of drug-likeness (QED) is 0.275. The average Bonchev–Trinajstić information content (AvgIpc) is 3.35. The number of nitriles is 2. The van der Waals surface area contributed by atoms with Gasteiger partial charge in [-0.25, -0.2) is 0 Å². The molecule has 0 saturated heterocycles. The van der Waals surface area contributed by atoms with Gasteiger partial charge in [0.1, 0.15) is 17.7 Å². The Morgan fingerprint density at radius 1 is 0.793 bits per heavy atom. The van der Waals surface area contributed by atoms with Crippen molar-refractivity contribution in [2.24, 2.45) is 11.8 Å². The van der Waals surface area contributed by atoms with Gasteiger partial charge in [-0.15, -0.1) is 0 Å². The molecule has 2 heteroatoms. The summed E-state index contributed by atoms with van der Waals surface area (Å²) in [4.78, 5) is 0. The molecule has 2 aliphatic rings. The van der Waals surface area contributed by atoms with Gasteiger partial charge in [-0.2, -0.15) is 10.5 Å². The van der Waals surface area contributed by atoms with Crippen LogP contribution in [0, 0.1) is 34.5 Å². The van der Waals surface area contributed by atoms with Crippen molar-refractivity contribution < 1.29 is 0 Å². The summed E-state index contributed by atoms with van der Waals surface area (Å²) in [6.07, 6.45) is 5.32. The first kappa shape index (κ1) is 16.3. The minimum absolute atomic E-state index is 0.347. The summed E-state index contributed by atoms with van der Waals surface area (Å²) >= 11 is 0. The molecule has 0 aliphatic heterocycles. The highest BCUT2D eigenvalue weighted by atomic mass is 14.4. The second-order valence-electron chi connectivity index (χ2n) is 8.39. The summed E-state index contributed by atoms with van der Waals surface area (Å²) in [7, 11) is 0. The zero-order valence-corrected chi connectivity index (χ0v) is 15.9. The van der Waals surface area contributed by atoms with E-state index < -0.39 is 0 Å². The summed E-state index contributed by atoms with van der Waals surface area (Å²) in [6.45, 7) is 0. The van der Waals surface area contributed by atoms with Gasteiger partial charge in [-0.05, 0) is 74.6 Å². The number of nitrogens with zero attached hydrogens (tertiary/aromatic N) is 2. The van der Waals surface area contributed by atoms with Crippen LogP contribution >= 0.6 is 0 Å². The summed E-state index contributed by atoms with van der Waals surface area (Å²) < 4.78 is 0. The Balaban J connectivity index is 1.50. The number of hydrogen-bond acceptors (Lipinski definition) is 2. The Morgan fingerprint density at radius 2 is 1.48 bits per heavy atom. The minimum Gasteiger partial charge on any atom is -0.192 e. The third kappa shape index (κ3) is 2.27. The molecule has 2 nitrogen and oxygen atoms in total. The van der Waals surface area contributed by atoms with Crippen LogP contribution in [0.25, 0.3) is 38.4 Å². The fourth-order valence-electron chi connectivity index (χ4n) is 5.68. The Hall–Kier alpha value is -3.62. The first-order valence-electron chi connectivity index (χ1n) is 10.2. The molecule has 0 heterocycles. The van der Waals surface area contributed by atoms with Crippen molar-refractivity contribution in [2.75, 3.05) is 0 Å². The molecule has 0 spiro atoms. The molecule has 136 valence electrons. The van der Waals surface area contributed by atoms with Gasteiger partial charge in [0.05, 0.1) is 0 Å². The van der Waals surface area contributed by atoms with E-state index in [-0.39, 0.29) is 0 Å². The molecule has 29 heavy (non-hydrogen) atoms. The Morgan fingerprint density at radius 3 is 2.17 bits per heavy atom. The molecule has 0 N–H and O–H groups in total. The van der Waals surface area contributed by atoms with Gasteiger partial charge in [-0.3, -0.25) is 0 Å². The van der Waals surface area contributed by atoms with Gasteiger partial charge in [-0.1, -0.05) is 66.2 Å². The van der Waals surface area contributed by atoms with Crippen LogP contribution < -0.4 is 0 Å². The van der Waals surface area contributed by atoms with E-state index in [0.717, 1.165) is 24.8 Å². The number of hydrogen-bond donors (Lipinski definition) is 0. The molecule has 0 radical (unpaired) electrons. The van der Waals surface area contributed by atoms with Crippen molar-refractivity contribution in [2.45, 2.75) is 19.3 Å². The van der Waals surface area contributed by atoms with Crippen molar-refractivity contribution in [1.82, 2.24) is 0 Å². The average molecular weight is 370 g/mol. The van der Waals surface area contributed by atoms with Crippen molar-refractivity contribution >= 4 is 38.4 Å². The normalized spacial score (nSPS) is 22.0. The van der Waals surface area contributed by atoms with Crippen LogP contribution in [-0.4, -0.2) is 0 Å². The molecule has 2 fully saturated rings. The lowest BCUT2D eigenvalue weighted by Crippen LogP contribution is -2.04. The second-order valence-corrected chi connectivity index (χ2v) is 8.39. The number of rotatable bonds is 1. The second kappa shape index (κ2) is 5.94. The summed E-state index contributed by atoms with van der Waals surface area (Å²) in [5, 5.41) is 26.3. The molecular formula is C27H18N2. The molecule has 2 aliphatic carbocycles. The van der Waals surface area contributed by atoms with Gasteiger partial charge in [0.25, 0.3) is 0 Å². The van der Waals surface area contributed by atoms with Crippen molar-refractivity contribution in [3.05, 3.63) is 76.9 Å². The van der Waals surface area contributed by atoms with E-state index >= 15 is 0 Å². The lowest BCUT2D eigenvalue weighted by atomic mass is 9.86. The monoisotopic (exact) mass is 370 g/mol. The van der Waals surface area contributed by atoms with Gasteiger partial charge >= 0.3 is 0 Å². The lowest BCUT2D eigenvalue weighted by molar-refractivity contribution is 0.686. The Bertz CT molecular complexity index is 1420. The molecule has 4 aromatic rings. The van der Waals surface area contributed by atoms with E-state index in [1.165, 1.54) is 43.5 Å². The highest BCUT2D eigenvalue weighted by Gasteiger charge is 2.40. The van der Waals surface area contributed by atoms with E-state index in [2.05, 4.69) is 72.8 Å². The minimum atomic E-state index is 0.347. The Kier molecular flexibility index (Phi) is 3.35. The highest BCUT2D eigenvalue weighted by Crippen LogP contribution is 2.53. The first-order valence-corrected chi connectivity index (χ1v) is 10.2. The standard InChI is InChI=1S/C27H18N2/c28-14-23(15-29)25-13-21-12-22(25)11-20(21)10-19-7-6-18-5-4-16-2-1-3-17-8-9-24(19)27(18)26(16)17/h1-10,21-22H,11-13H2/b20-10+/t21-,22+/m1/s1. The molecule has 0 aromatic heterocycles. The molecule has 6 rings (SSSR count). The SMILES string of the molecule is N#CC(C#N)=C1C[C@H]2C[C@@H]1C/C2=C\c1ccc2ccc3cccc4ccc1c2c34. The van der Waals surface area contributed by atoms with Crippen LogP contribution in [0.1, 0.15) is 24.8 Å². The van der Waals surface area contributed by atoms with Gasteiger partial charge in [0.2, 0.25) is 0 Å². The predicted molar refractivity (Wildman–Crippen MR) is 117 cm³/mol. The summed E-state index contributed by atoms with van der Waals surface area (Å²) in [5.74, 6) is 0.852. The highest BCUT2D eigenvalue weighted by molar-refractivity contribution is 6.24. The van der Waals surface area contributed by atoms with E-state index in [1.807, 2.05) is 0 Å². The summed E-state index contributed by atoms with van der Waals surface area (Å²) in [6, 6.07) is 24.1. The van der Waals surface area contributed by atoms with E-state index in [1.54, 1.807) is 0 Å². The first-order chi connectivity index (χ1) is 14.3. The third-order valence-electron chi connectivity index (χ3n) is 6.98. The molecule has 2 atom stereocenters.